The number of hydrogen-bond donors (Lipinski definition) is 0. The van der Waals surface area contributed by atoms with Gasteiger partial charge in [-0.1, -0.05) is 354 Å². The van der Waals surface area contributed by atoms with Crippen LogP contribution in [-0.4, -0.2) is 12.6 Å². The molecule has 0 spiro atoms. The van der Waals surface area contributed by atoms with Crippen molar-refractivity contribution in [2.24, 2.45) is 5.92 Å². The van der Waals surface area contributed by atoms with E-state index in [1.165, 1.54) is 347 Å². The molecule has 0 aliphatic carbocycles. The maximum Gasteiger partial charge on any atom is 0.305 e. The standard InChI is InChI=1S/C65H128O2/c1-4-5-6-7-8-9-10-11-12-13-14-31-35-38-41-44-47-50-53-56-59-62-65(66)67-63-60-57-54-51-48-45-42-39-36-33-30-28-26-24-22-20-18-16-15-17-19-21-23-25-27-29-32-34-37-40-43-46-49-52-55-58-61-64(2)3/h11-12,64H,4-10,13-63H2,1-3H3. The summed E-state index contributed by atoms with van der Waals surface area (Å²) in [5.74, 6) is 0.922. The van der Waals surface area contributed by atoms with Gasteiger partial charge in [-0.25, -0.2) is 0 Å². The zero-order valence-corrected chi connectivity index (χ0v) is 47.1. The van der Waals surface area contributed by atoms with Crippen LogP contribution in [-0.2, 0) is 9.53 Å². The van der Waals surface area contributed by atoms with Gasteiger partial charge >= 0.3 is 5.97 Å². The van der Waals surface area contributed by atoms with Crippen LogP contribution in [0.3, 0.4) is 0 Å². The van der Waals surface area contributed by atoms with Crippen LogP contribution in [0.15, 0.2) is 12.2 Å². The first-order chi connectivity index (χ1) is 33.2. The fraction of sp³-hybridized carbons (Fsp3) is 0.954. The molecule has 2 heteroatoms. The predicted octanol–water partition coefficient (Wildman–Crippen LogP) is 24.0. The summed E-state index contributed by atoms with van der Waals surface area (Å²) in [4.78, 5) is 12.1. The minimum Gasteiger partial charge on any atom is -0.466 e. The van der Waals surface area contributed by atoms with E-state index in [2.05, 4.69) is 32.9 Å². The minimum absolute atomic E-state index is 0.0322. The largest absolute Gasteiger partial charge is 0.466 e. The molecule has 2 nitrogen and oxygen atoms in total. The Morgan fingerprint density at radius 3 is 0.791 bits per heavy atom. The van der Waals surface area contributed by atoms with E-state index in [-0.39, 0.29) is 5.97 Å². The third-order valence-corrected chi connectivity index (χ3v) is 15.1. The molecular formula is C65H128O2. The maximum absolute atomic E-state index is 12.1. The second-order valence-corrected chi connectivity index (χ2v) is 22.6. The molecule has 0 unspecified atom stereocenters. The van der Waals surface area contributed by atoms with Gasteiger partial charge in [0.15, 0.2) is 0 Å². The Bertz CT molecular complexity index is 907. The fourth-order valence-corrected chi connectivity index (χ4v) is 10.3. The van der Waals surface area contributed by atoms with Crippen molar-refractivity contribution in [2.45, 2.75) is 387 Å². The number of unbranched alkanes of at least 4 members (excludes halogenated alkanes) is 52. The maximum atomic E-state index is 12.1. The summed E-state index contributed by atoms with van der Waals surface area (Å²) >= 11 is 0. The lowest BCUT2D eigenvalue weighted by atomic mass is 10.0. The molecule has 67 heavy (non-hydrogen) atoms. The van der Waals surface area contributed by atoms with E-state index < -0.39 is 0 Å². The highest BCUT2D eigenvalue weighted by atomic mass is 16.5. The van der Waals surface area contributed by atoms with Crippen molar-refractivity contribution in [2.75, 3.05) is 6.61 Å². The third-order valence-electron chi connectivity index (χ3n) is 15.1. The molecule has 0 atom stereocenters. The highest BCUT2D eigenvalue weighted by Crippen LogP contribution is 2.19. The summed E-state index contributed by atoms with van der Waals surface area (Å²) in [6.45, 7) is 7.63. The van der Waals surface area contributed by atoms with Crippen LogP contribution < -0.4 is 0 Å². The Labute approximate surface area is 425 Å². The van der Waals surface area contributed by atoms with Gasteiger partial charge in [-0.2, -0.15) is 0 Å². The first kappa shape index (κ1) is 66.2. The lowest BCUT2D eigenvalue weighted by Gasteiger charge is -2.06. The van der Waals surface area contributed by atoms with E-state index in [4.69, 9.17) is 4.74 Å². The summed E-state index contributed by atoms with van der Waals surface area (Å²) in [7, 11) is 0. The molecule has 0 heterocycles. The van der Waals surface area contributed by atoms with E-state index >= 15 is 0 Å². The van der Waals surface area contributed by atoms with Gasteiger partial charge < -0.3 is 4.74 Å². The van der Waals surface area contributed by atoms with Gasteiger partial charge in [0.05, 0.1) is 6.61 Å². The van der Waals surface area contributed by atoms with Gasteiger partial charge in [0.2, 0.25) is 0 Å². The van der Waals surface area contributed by atoms with Crippen molar-refractivity contribution in [3.05, 3.63) is 12.2 Å². The SMILES string of the molecule is CCCCCCCCC=CCCCCCCCCCCCCCC(=O)OCCCCCCCCCCCCCCCCCCCCCCCCCCCCCCCCCCCCCCC(C)C. The first-order valence-corrected chi connectivity index (χ1v) is 32.0. The summed E-state index contributed by atoms with van der Waals surface area (Å²) < 4.78 is 5.52. The average Bonchev–Trinajstić information content (AvgIpc) is 3.32. The molecule has 0 N–H and O–H groups in total. The number of carbonyl (C=O) groups is 1. The van der Waals surface area contributed by atoms with Crippen molar-refractivity contribution in [1.29, 1.82) is 0 Å². The molecule has 0 radical (unpaired) electrons. The van der Waals surface area contributed by atoms with E-state index in [1.54, 1.807) is 0 Å². The lowest BCUT2D eigenvalue weighted by Crippen LogP contribution is -2.05. The highest BCUT2D eigenvalue weighted by molar-refractivity contribution is 5.69. The highest BCUT2D eigenvalue weighted by Gasteiger charge is 2.04. The molecule has 0 aliphatic heterocycles. The van der Waals surface area contributed by atoms with E-state index in [0.29, 0.717) is 13.0 Å². The molecule has 0 fully saturated rings. The van der Waals surface area contributed by atoms with Gasteiger partial charge in [-0.05, 0) is 44.4 Å². The molecule has 0 saturated heterocycles. The Hall–Kier alpha value is -0.790. The molecular weight excluding hydrogens is 813 g/mol. The van der Waals surface area contributed by atoms with Crippen LogP contribution in [0.4, 0.5) is 0 Å². The number of hydrogen-bond acceptors (Lipinski definition) is 2. The summed E-state index contributed by atoms with van der Waals surface area (Å²) in [5, 5.41) is 0. The van der Waals surface area contributed by atoms with Crippen molar-refractivity contribution in [1.82, 2.24) is 0 Å². The average molecular weight is 942 g/mol. The van der Waals surface area contributed by atoms with E-state index in [0.717, 1.165) is 18.8 Å². The second kappa shape index (κ2) is 61.3. The van der Waals surface area contributed by atoms with Crippen LogP contribution in [0, 0.1) is 5.92 Å². The molecule has 0 aromatic carbocycles. The fourth-order valence-electron chi connectivity index (χ4n) is 10.3. The van der Waals surface area contributed by atoms with Gasteiger partial charge in [-0.15, -0.1) is 0 Å². The van der Waals surface area contributed by atoms with Crippen molar-refractivity contribution in [3.63, 3.8) is 0 Å². The predicted molar refractivity (Wildman–Crippen MR) is 304 cm³/mol. The summed E-state index contributed by atoms with van der Waals surface area (Å²) in [6, 6.07) is 0. The third kappa shape index (κ3) is 63.2. The quantitative estimate of drug-likeness (QED) is 0.0345. The lowest BCUT2D eigenvalue weighted by molar-refractivity contribution is -0.143. The number of esters is 1. The number of ether oxygens (including phenoxy) is 1. The molecule has 0 aliphatic rings. The van der Waals surface area contributed by atoms with E-state index in [1.807, 2.05) is 0 Å². The molecule has 0 aromatic heterocycles. The molecule has 0 saturated carbocycles. The molecule has 0 aromatic rings. The minimum atomic E-state index is 0.0322. The molecule has 0 amide bonds. The molecule has 400 valence electrons. The monoisotopic (exact) mass is 941 g/mol. The molecule has 0 bridgehead atoms. The Morgan fingerprint density at radius 1 is 0.299 bits per heavy atom. The Morgan fingerprint density at radius 2 is 0.522 bits per heavy atom. The number of carbonyl (C=O) groups excluding carboxylic acids is 1. The van der Waals surface area contributed by atoms with Crippen LogP contribution in [0.1, 0.15) is 387 Å². The van der Waals surface area contributed by atoms with Crippen molar-refractivity contribution >= 4 is 5.97 Å². The second-order valence-electron chi connectivity index (χ2n) is 22.6. The Kier molecular flexibility index (Phi) is 60.6. The van der Waals surface area contributed by atoms with E-state index in [9.17, 15) is 4.79 Å². The normalized spacial score (nSPS) is 11.8. The number of rotatable bonds is 60. The molecule has 0 rings (SSSR count). The van der Waals surface area contributed by atoms with Crippen molar-refractivity contribution in [3.8, 4) is 0 Å². The van der Waals surface area contributed by atoms with Crippen molar-refractivity contribution < 1.29 is 9.53 Å². The zero-order chi connectivity index (χ0) is 48.3. The van der Waals surface area contributed by atoms with Crippen LogP contribution in [0.5, 0.6) is 0 Å². The number of allylic oxidation sites excluding steroid dienone is 2. The summed E-state index contributed by atoms with van der Waals surface area (Å²) in [6.07, 6.45) is 84.3. The van der Waals surface area contributed by atoms with Crippen LogP contribution >= 0.6 is 0 Å². The van der Waals surface area contributed by atoms with Gasteiger partial charge in [-0.3, -0.25) is 4.79 Å². The first-order valence-electron chi connectivity index (χ1n) is 32.0. The smallest absolute Gasteiger partial charge is 0.305 e. The van der Waals surface area contributed by atoms with Gasteiger partial charge in [0.1, 0.15) is 0 Å². The topological polar surface area (TPSA) is 26.3 Å². The van der Waals surface area contributed by atoms with Crippen LogP contribution in [0.2, 0.25) is 0 Å². The summed E-state index contributed by atoms with van der Waals surface area (Å²) in [5.41, 5.74) is 0. The zero-order valence-electron chi connectivity index (χ0n) is 47.1. The Balaban J connectivity index is 3.15. The van der Waals surface area contributed by atoms with Gasteiger partial charge in [0, 0.05) is 6.42 Å². The van der Waals surface area contributed by atoms with Gasteiger partial charge in [0.25, 0.3) is 0 Å². The van der Waals surface area contributed by atoms with Crippen LogP contribution in [0.25, 0.3) is 0 Å².